The highest BCUT2D eigenvalue weighted by molar-refractivity contribution is 9.10. The van der Waals surface area contributed by atoms with Gasteiger partial charge in [0.2, 0.25) is 0 Å². The second-order valence-corrected chi connectivity index (χ2v) is 4.91. The van der Waals surface area contributed by atoms with Crippen LogP contribution in [0.2, 0.25) is 0 Å². The van der Waals surface area contributed by atoms with Gasteiger partial charge in [-0.2, -0.15) is 0 Å². The zero-order valence-electron chi connectivity index (χ0n) is 9.74. The Hall–Kier alpha value is -1.39. The van der Waals surface area contributed by atoms with Crippen LogP contribution in [0, 0.1) is 5.82 Å². The number of nitrogens with one attached hydrogen (secondary N) is 1. The third-order valence-corrected chi connectivity index (χ3v) is 3.17. The van der Waals surface area contributed by atoms with E-state index in [1.54, 1.807) is 12.1 Å². The van der Waals surface area contributed by atoms with Crippen LogP contribution in [-0.4, -0.2) is 6.54 Å². The molecule has 0 bridgehead atoms. The first-order valence-electron chi connectivity index (χ1n) is 5.66. The number of nitrogens with two attached hydrogens (primary N) is 1. The van der Waals surface area contributed by atoms with E-state index in [4.69, 9.17) is 5.73 Å². The minimum Gasteiger partial charge on any atom is -0.377 e. The fraction of sp³-hybridized carbons (Fsp3) is 0.143. The average Bonchev–Trinajstić information content (AvgIpc) is 2.37. The summed E-state index contributed by atoms with van der Waals surface area (Å²) >= 11 is 3.42. The minimum absolute atomic E-state index is 0.0279. The van der Waals surface area contributed by atoms with Crippen molar-refractivity contribution in [3.8, 4) is 0 Å². The highest BCUT2D eigenvalue weighted by Gasteiger charge is 2.09. The molecule has 0 fully saturated rings. The van der Waals surface area contributed by atoms with Gasteiger partial charge < -0.3 is 11.1 Å². The van der Waals surface area contributed by atoms with E-state index in [9.17, 15) is 4.39 Å². The Labute approximate surface area is 114 Å². The maximum absolute atomic E-state index is 12.9. The smallest absolute Gasteiger partial charge is 0.123 e. The van der Waals surface area contributed by atoms with E-state index in [1.165, 1.54) is 12.1 Å². The molecule has 94 valence electrons. The van der Waals surface area contributed by atoms with Crippen molar-refractivity contribution in [1.29, 1.82) is 0 Å². The molecule has 0 aromatic heterocycles. The highest BCUT2D eigenvalue weighted by Crippen LogP contribution is 2.21. The molecule has 0 radical (unpaired) electrons. The highest BCUT2D eigenvalue weighted by atomic mass is 79.9. The second kappa shape index (κ2) is 5.98. The molecule has 4 heteroatoms. The standard InChI is InChI=1S/C14H14BrFN2/c15-11-2-1-3-13(8-11)18-14(9-17)10-4-6-12(16)7-5-10/h1-8,14,18H,9,17H2. The van der Waals surface area contributed by atoms with Crippen LogP contribution in [0.25, 0.3) is 0 Å². The summed E-state index contributed by atoms with van der Waals surface area (Å²) in [6.45, 7) is 0.443. The Morgan fingerprint density at radius 2 is 1.89 bits per heavy atom. The molecule has 0 aliphatic carbocycles. The molecular formula is C14H14BrFN2. The first-order valence-corrected chi connectivity index (χ1v) is 6.46. The lowest BCUT2D eigenvalue weighted by Gasteiger charge is -2.18. The summed E-state index contributed by atoms with van der Waals surface area (Å²) in [4.78, 5) is 0. The first-order chi connectivity index (χ1) is 8.69. The van der Waals surface area contributed by atoms with Crippen LogP contribution in [0.5, 0.6) is 0 Å². The van der Waals surface area contributed by atoms with Gasteiger partial charge in [0, 0.05) is 16.7 Å². The molecule has 1 atom stereocenters. The average molecular weight is 309 g/mol. The molecule has 2 rings (SSSR count). The fourth-order valence-electron chi connectivity index (χ4n) is 1.75. The predicted octanol–water partition coefficient (Wildman–Crippen LogP) is 3.70. The summed E-state index contributed by atoms with van der Waals surface area (Å²) in [6, 6.07) is 14.2. The van der Waals surface area contributed by atoms with Crippen LogP contribution >= 0.6 is 15.9 Å². The SMILES string of the molecule is NCC(Nc1cccc(Br)c1)c1ccc(F)cc1. The Morgan fingerprint density at radius 3 is 2.50 bits per heavy atom. The monoisotopic (exact) mass is 308 g/mol. The Balaban J connectivity index is 2.17. The van der Waals surface area contributed by atoms with Crippen molar-refractivity contribution < 1.29 is 4.39 Å². The van der Waals surface area contributed by atoms with Crippen LogP contribution < -0.4 is 11.1 Å². The van der Waals surface area contributed by atoms with Crippen molar-refractivity contribution in [1.82, 2.24) is 0 Å². The molecule has 0 spiro atoms. The van der Waals surface area contributed by atoms with Crippen LogP contribution in [0.3, 0.4) is 0 Å². The Bertz CT molecular complexity index is 513. The van der Waals surface area contributed by atoms with Crippen LogP contribution in [0.1, 0.15) is 11.6 Å². The van der Waals surface area contributed by atoms with Gasteiger partial charge in [-0.15, -0.1) is 0 Å². The summed E-state index contributed by atoms with van der Waals surface area (Å²) in [5.41, 5.74) is 7.71. The molecule has 18 heavy (non-hydrogen) atoms. The number of rotatable bonds is 4. The number of benzene rings is 2. The van der Waals surface area contributed by atoms with Crippen molar-refractivity contribution >= 4 is 21.6 Å². The van der Waals surface area contributed by atoms with Crippen molar-refractivity contribution in [2.45, 2.75) is 6.04 Å². The van der Waals surface area contributed by atoms with Crippen molar-refractivity contribution in [3.63, 3.8) is 0 Å². The zero-order valence-corrected chi connectivity index (χ0v) is 11.3. The molecule has 0 aliphatic heterocycles. The molecule has 0 amide bonds. The van der Waals surface area contributed by atoms with Gasteiger partial charge in [0.25, 0.3) is 0 Å². The van der Waals surface area contributed by atoms with E-state index >= 15 is 0 Å². The number of hydrogen-bond donors (Lipinski definition) is 2. The van der Waals surface area contributed by atoms with Crippen molar-refractivity contribution in [3.05, 3.63) is 64.4 Å². The molecule has 0 saturated carbocycles. The van der Waals surface area contributed by atoms with Gasteiger partial charge in [-0.1, -0.05) is 34.1 Å². The van der Waals surface area contributed by atoms with E-state index in [1.807, 2.05) is 24.3 Å². The second-order valence-electron chi connectivity index (χ2n) is 3.99. The van der Waals surface area contributed by atoms with Gasteiger partial charge >= 0.3 is 0 Å². The van der Waals surface area contributed by atoms with Gasteiger partial charge in [-0.05, 0) is 35.9 Å². The minimum atomic E-state index is -0.239. The molecule has 0 saturated heterocycles. The van der Waals surface area contributed by atoms with Gasteiger partial charge in [-0.3, -0.25) is 0 Å². The van der Waals surface area contributed by atoms with E-state index in [-0.39, 0.29) is 11.9 Å². The van der Waals surface area contributed by atoms with Gasteiger partial charge in [-0.25, -0.2) is 4.39 Å². The Kier molecular flexibility index (Phi) is 4.33. The first kappa shape index (κ1) is 13.1. The molecule has 2 aromatic rings. The summed E-state index contributed by atoms with van der Waals surface area (Å²) in [5, 5.41) is 3.33. The summed E-state index contributed by atoms with van der Waals surface area (Å²) in [6.07, 6.45) is 0. The normalized spacial score (nSPS) is 12.2. The maximum Gasteiger partial charge on any atom is 0.123 e. The lowest BCUT2D eigenvalue weighted by molar-refractivity contribution is 0.626. The van der Waals surface area contributed by atoms with Crippen molar-refractivity contribution in [2.75, 3.05) is 11.9 Å². The van der Waals surface area contributed by atoms with Gasteiger partial charge in [0.15, 0.2) is 0 Å². The largest absolute Gasteiger partial charge is 0.377 e. The molecule has 2 nitrogen and oxygen atoms in total. The third kappa shape index (κ3) is 3.31. The van der Waals surface area contributed by atoms with E-state index in [2.05, 4.69) is 21.2 Å². The number of hydrogen-bond acceptors (Lipinski definition) is 2. The molecule has 2 aromatic carbocycles. The topological polar surface area (TPSA) is 38.0 Å². The van der Waals surface area contributed by atoms with Gasteiger partial charge in [0.1, 0.15) is 5.82 Å². The molecule has 0 heterocycles. The van der Waals surface area contributed by atoms with Crippen LogP contribution in [0.4, 0.5) is 10.1 Å². The molecule has 0 aliphatic rings. The van der Waals surface area contributed by atoms with E-state index in [0.717, 1.165) is 15.7 Å². The maximum atomic E-state index is 12.9. The summed E-state index contributed by atoms with van der Waals surface area (Å²) in [7, 11) is 0. The zero-order chi connectivity index (χ0) is 13.0. The number of anilines is 1. The fourth-order valence-corrected chi connectivity index (χ4v) is 2.15. The number of halogens is 2. The molecule has 3 N–H and O–H groups in total. The predicted molar refractivity (Wildman–Crippen MR) is 76.0 cm³/mol. The third-order valence-electron chi connectivity index (χ3n) is 2.67. The Morgan fingerprint density at radius 1 is 1.17 bits per heavy atom. The van der Waals surface area contributed by atoms with Crippen LogP contribution in [-0.2, 0) is 0 Å². The summed E-state index contributed by atoms with van der Waals surface area (Å²) < 4.78 is 13.9. The summed E-state index contributed by atoms with van der Waals surface area (Å²) in [5.74, 6) is -0.239. The quantitative estimate of drug-likeness (QED) is 0.904. The van der Waals surface area contributed by atoms with E-state index in [0.29, 0.717) is 6.54 Å². The lowest BCUT2D eigenvalue weighted by atomic mass is 10.1. The lowest BCUT2D eigenvalue weighted by Crippen LogP contribution is -2.20. The molecule has 1 unspecified atom stereocenters. The van der Waals surface area contributed by atoms with Crippen molar-refractivity contribution in [2.24, 2.45) is 5.73 Å². The van der Waals surface area contributed by atoms with Crippen LogP contribution in [0.15, 0.2) is 53.0 Å². The molecular weight excluding hydrogens is 295 g/mol. The van der Waals surface area contributed by atoms with Gasteiger partial charge in [0.05, 0.1) is 6.04 Å². The van der Waals surface area contributed by atoms with E-state index < -0.39 is 0 Å².